The molecule has 5 nitrogen and oxygen atoms in total. The van der Waals surface area contributed by atoms with Gasteiger partial charge in [0.25, 0.3) is 0 Å². The first-order chi connectivity index (χ1) is 9.85. The zero-order chi connectivity index (χ0) is 13.5. The van der Waals surface area contributed by atoms with Crippen LogP contribution in [0.25, 0.3) is 17.0 Å². The third kappa shape index (κ3) is 1.82. The highest BCUT2D eigenvalue weighted by Crippen LogP contribution is 2.39. The Morgan fingerprint density at radius 2 is 2.15 bits per heavy atom. The highest BCUT2D eigenvalue weighted by Gasteiger charge is 2.27. The first kappa shape index (κ1) is 11.4. The predicted molar refractivity (Wildman–Crippen MR) is 77.7 cm³/mol. The number of nitrogens with one attached hydrogen (secondary N) is 1. The predicted octanol–water partition coefficient (Wildman–Crippen LogP) is 2.71. The lowest BCUT2D eigenvalue weighted by atomic mass is 10.2. The monoisotopic (exact) mass is 265 g/mol. The molecule has 1 N–H and O–H groups in total. The molecular formula is C15H15N5. The van der Waals surface area contributed by atoms with E-state index in [0.717, 1.165) is 28.7 Å². The lowest BCUT2D eigenvalue weighted by Gasteiger charge is -2.09. The standard InChI is InChI=1S/C15H15N5/c1-16-13-9-11(18-15(19-13)10-5-6-10)12-3-2-4-14-17-7-8-20(12)14/h2-4,7-10H,5-6H2,1H3,(H,16,18,19). The van der Waals surface area contributed by atoms with Crippen molar-refractivity contribution in [3.63, 3.8) is 0 Å². The molecule has 1 aliphatic rings. The fourth-order valence-electron chi connectivity index (χ4n) is 2.41. The minimum Gasteiger partial charge on any atom is -0.373 e. The Bertz CT molecular complexity index is 773. The van der Waals surface area contributed by atoms with E-state index in [0.29, 0.717) is 5.92 Å². The van der Waals surface area contributed by atoms with E-state index in [9.17, 15) is 0 Å². The summed E-state index contributed by atoms with van der Waals surface area (Å²) in [5, 5.41) is 3.13. The fourth-order valence-corrected chi connectivity index (χ4v) is 2.41. The fraction of sp³-hybridized carbons (Fsp3) is 0.267. The van der Waals surface area contributed by atoms with Crippen molar-refractivity contribution < 1.29 is 0 Å². The SMILES string of the molecule is CNc1cc(-c2cccc3nccn23)nc(C2CC2)n1. The van der Waals surface area contributed by atoms with Crippen LogP contribution in [0.1, 0.15) is 24.6 Å². The van der Waals surface area contributed by atoms with Gasteiger partial charge in [-0.1, -0.05) is 6.07 Å². The number of fused-ring (bicyclic) bond motifs is 1. The summed E-state index contributed by atoms with van der Waals surface area (Å²) in [6.07, 6.45) is 6.16. The molecule has 5 heteroatoms. The summed E-state index contributed by atoms with van der Waals surface area (Å²) in [5.41, 5.74) is 2.91. The van der Waals surface area contributed by atoms with Crippen molar-refractivity contribution in [1.82, 2.24) is 19.4 Å². The van der Waals surface area contributed by atoms with E-state index < -0.39 is 0 Å². The van der Waals surface area contributed by atoms with E-state index in [2.05, 4.69) is 25.8 Å². The zero-order valence-corrected chi connectivity index (χ0v) is 11.2. The molecule has 0 saturated heterocycles. The topological polar surface area (TPSA) is 55.1 Å². The molecule has 0 atom stereocenters. The van der Waals surface area contributed by atoms with Crippen molar-refractivity contribution >= 4 is 11.5 Å². The molecular weight excluding hydrogens is 250 g/mol. The molecule has 0 bridgehead atoms. The quantitative estimate of drug-likeness (QED) is 0.791. The van der Waals surface area contributed by atoms with Gasteiger partial charge in [0, 0.05) is 31.4 Å². The average molecular weight is 265 g/mol. The molecule has 3 aromatic rings. The van der Waals surface area contributed by atoms with Crippen LogP contribution in [0.5, 0.6) is 0 Å². The van der Waals surface area contributed by atoms with Crippen LogP contribution in [0.2, 0.25) is 0 Å². The number of rotatable bonds is 3. The van der Waals surface area contributed by atoms with Crippen LogP contribution in [-0.2, 0) is 0 Å². The second-order valence-corrected chi connectivity index (χ2v) is 5.09. The molecule has 3 aromatic heterocycles. The number of hydrogen-bond donors (Lipinski definition) is 1. The van der Waals surface area contributed by atoms with Gasteiger partial charge in [-0.05, 0) is 25.0 Å². The summed E-state index contributed by atoms with van der Waals surface area (Å²) in [7, 11) is 1.89. The van der Waals surface area contributed by atoms with Crippen molar-refractivity contribution in [2.45, 2.75) is 18.8 Å². The lowest BCUT2D eigenvalue weighted by molar-refractivity contribution is 0.928. The van der Waals surface area contributed by atoms with Crippen LogP contribution in [0.15, 0.2) is 36.7 Å². The van der Waals surface area contributed by atoms with E-state index in [1.54, 1.807) is 6.20 Å². The highest BCUT2D eigenvalue weighted by atomic mass is 15.0. The zero-order valence-electron chi connectivity index (χ0n) is 11.2. The highest BCUT2D eigenvalue weighted by molar-refractivity contribution is 5.63. The van der Waals surface area contributed by atoms with Crippen molar-refractivity contribution in [2.24, 2.45) is 0 Å². The van der Waals surface area contributed by atoms with Crippen molar-refractivity contribution in [1.29, 1.82) is 0 Å². The average Bonchev–Trinajstić information content (AvgIpc) is 3.23. The number of aromatic nitrogens is 4. The van der Waals surface area contributed by atoms with Crippen LogP contribution in [0.3, 0.4) is 0 Å². The molecule has 0 radical (unpaired) electrons. The molecule has 20 heavy (non-hydrogen) atoms. The van der Waals surface area contributed by atoms with E-state index in [4.69, 9.17) is 4.98 Å². The maximum absolute atomic E-state index is 4.74. The molecule has 1 aliphatic carbocycles. The first-order valence-electron chi connectivity index (χ1n) is 6.84. The van der Waals surface area contributed by atoms with Gasteiger partial charge < -0.3 is 5.32 Å². The molecule has 0 unspecified atom stereocenters. The Morgan fingerprint density at radius 1 is 1.25 bits per heavy atom. The Labute approximate surface area is 116 Å². The minimum atomic E-state index is 0.532. The summed E-state index contributed by atoms with van der Waals surface area (Å²) in [5.74, 6) is 2.35. The Kier molecular flexibility index (Phi) is 2.45. The molecule has 0 aromatic carbocycles. The first-order valence-corrected chi connectivity index (χ1v) is 6.84. The van der Waals surface area contributed by atoms with Gasteiger partial charge in [0.15, 0.2) is 0 Å². The summed E-state index contributed by atoms with van der Waals surface area (Å²) < 4.78 is 2.05. The molecule has 3 heterocycles. The van der Waals surface area contributed by atoms with Gasteiger partial charge in [0.05, 0.1) is 11.4 Å². The van der Waals surface area contributed by atoms with Crippen LogP contribution < -0.4 is 5.32 Å². The number of anilines is 1. The maximum Gasteiger partial charge on any atom is 0.137 e. The summed E-state index contributed by atoms with van der Waals surface area (Å²) in [4.78, 5) is 13.6. The molecule has 100 valence electrons. The summed E-state index contributed by atoms with van der Waals surface area (Å²) in [6.45, 7) is 0. The van der Waals surface area contributed by atoms with E-state index in [1.165, 1.54) is 12.8 Å². The van der Waals surface area contributed by atoms with Gasteiger partial charge in [-0.15, -0.1) is 0 Å². The lowest BCUT2D eigenvalue weighted by Crippen LogP contribution is -2.02. The van der Waals surface area contributed by atoms with Gasteiger partial charge in [-0.2, -0.15) is 0 Å². The third-order valence-electron chi connectivity index (χ3n) is 3.63. The Balaban J connectivity index is 1.92. The van der Waals surface area contributed by atoms with E-state index in [1.807, 2.05) is 31.4 Å². The van der Waals surface area contributed by atoms with E-state index >= 15 is 0 Å². The molecule has 0 spiro atoms. The second kappa shape index (κ2) is 4.30. The molecule has 1 saturated carbocycles. The van der Waals surface area contributed by atoms with Crippen LogP contribution in [0, 0.1) is 0 Å². The summed E-state index contributed by atoms with van der Waals surface area (Å²) in [6, 6.07) is 8.05. The third-order valence-corrected chi connectivity index (χ3v) is 3.63. The Morgan fingerprint density at radius 3 is 2.95 bits per heavy atom. The van der Waals surface area contributed by atoms with E-state index in [-0.39, 0.29) is 0 Å². The second-order valence-electron chi connectivity index (χ2n) is 5.09. The van der Waals surface area contributed by atoms with Crippen molar-refractivity contribution in [3.05, 3.63) is 42.5 Å². The van der Waals surface area contributed by atoms with Gasteiger partial charge in [0.1, 0.15) is 17.3 Å². The number of imidazole rings is 1. The van der Waals surface area contributed by atoms with Gasteiger partial charge in [-0.25, -0.2) is 15.0 Å². The summed E-state index contributed by atoms with van der Waals surface area (Å²) >= 11 is 0. The molecule has 0 aliphatic heterocycles. The van der Waals surface area contributed by atoms with Gasteiger partial charge in [0.2, 0.25) is 0 Å². The van der Waals surface area contributed by atoms with Crippen LogP contribution >= 0.6 is 0 Å². The minimum absolute atomic E-state index is 0.532. The van der Waals surface area contributed by atoms with Gasteiger partial charge in [-0.3, -0.25) is 4.40 Å². The molecule has 0 amide bonds. The Hall–Kier alpha value is -2.43. The normalized spacial score (nSPS) is 14.7. The van der Waals surface area contributed by atoms with Crippen LogP contribution in [-0.4, -0.2) is 26.4 Å². The van der Waals surface area contributed by atoms with Crippen molar-refractivity contribution in [3.8, 4) is 11.4 Å². The molecule has 4 rings (SSSR count). The number of hydrogen-bond acceptors (Lipinski definition) is 4. The van der Waals surface area contributed by atoms with Crippen molar-refractivity contribution in [2.75, 3.05) is 12.4 Å². The largest absolute Gasteiger partial charge is 0.373 e. The van der Waals surface area contributed by atoms with Gasteiger partial charge >= 0.3 is 0 Å². The maximum atomic E-state index is 4.74. The number of nitrogens with zero attached hydrogens (tertiary/aromatic N) is 4. The number of pyridine rings is 1. The molecule has 1 fully saturated rings. The van der Waals surface area contributed by atoms with Crippen LogP contribution in [0.4, 0.5) is 5.82 Å². The smallest absolute Gasteiger partial charge is 0.137 e.